The van der Waals surface area contributed by atoms with Crippen LogP contribution < -0.4 is 10.2 Å². The third-order valence-electron chi connectivity index (χ3n) is 4.25. The standard InChI is InChI=1S/C21H20ClN3O2/c1-15(26)25(19-6-2-4-17-5-3-12-23-21(17)19)13-11-20(27)24-14-16-7-9-18(22)10-8-16/h2-10,12H,11,13-14H2,1H3,(H,24,27). The number of aromatic nitrogens is 1. The van der Waals surface area contributed by atoms with Crippen LogP contribution >= 0.6 is 11.6 Å². The Morgan fingerprint density at radius 2 is 1.81 bits per heavy atom. The Labute approximate surface area is 163 Å². The van der Waals surface area contributed by atoms with Crippen molar-refractivity contribution in [2.45, 2.75) is 19.9 Å². The molecule has 6 heteroatoms. The SMILES string of the molecule is CC(=O)N(CCC(=O)NCc1ccc(Cl)cc1)c1cccc2cccnc12. The normalized spacial score (nSPS) is 10.6. The summed E-state index contributed by atoms with van der Waals surface area (Å²) in [7, 11) is 0. The van der Waals surface area contributed by atoms with E-state index in [2.05, 4.69) is 10.3 Å². The average Bonchev–Trinajstić information content (AvgIpc) is 2.67. The molecular weight excluding hydrogens is 362 g/mol. The van der Waals surface area contributed by atoms with E-state index in [9.17, 15) is 9.59 Å². The van der Waals surface area contributed by atoms with Gasteiger partial charge in [-0.1, -0.05) is 41.9 Å². The highest BCUT2D eigenvalue weighted by Crippen LogP contribution is 2.25. The van der Waals surface area contributed by atoms with Gasteiger partial charge in [-0.15, -0.1) is 0 Å². The molecule has 1 aromatic heterocycles. The molecule has 0 aliphatic rings. The predicted octanol–water partition coefficient (Wildman–Crippen LogP) is 3.95. The molecule has 0 aliphatic carbocycles. The van der Waals surface area contributed by atoms with Crippen LogP contribution in [0.3, 0.4) is 0 Å². The van der Waals surface area contributed by atoms with Gasteiger partial charge in [-0.05, 0) is 29.8 Å². The molecule has 0 fully saturated rings. The third kappa shape index (κ3) is 4.83. The lowest BCUT2D eigenvalue weighted by Crippen LogP contribution is -2.34. The predicted molar refractivity (Wildman–Crippen MR) is 108 cm³/mol. The smallest absolute Gasteiger partial charge is 0.223 e. The lowest BCUT2D eigenvalue weighted by molar-refractivity contribution is -0.121. The summed E-state index contributed by atoms with van der Waals surface area (Å²) in [5.74, 6) is -0.247. The molecule has 2 amide bonds. The maximum absolute atomic E-state index is 12.2. The van der Waals surface area contributed by atoms with E-state index in [1.54, 1.807) is 23.2 Å². The Morgan fingerprint density at radius 1 is 1.07 bits per heavy atom. The van der Waals surface area contributed by atoms with Gasteiger partial charge in [-0.2, -0.15) is 0 Å². The Bertz CT molecular complexity index is 952. The van der Waals surface area contributed by atoms with Crippen LogP contribution in [-0.2, 0) is 16.1 Å². The molecule has 27 heavy (non-hydrogen) atoms. The van der Waals surface area contributed by atoms with Crippen molar-refractivity contribution in [1.29, 1.82) is 0 Å². The number of amides is 2. The van der Waals surface area contributed by atoms with E-state index in [-0.39, 0.29) is 24.8 Å². The number of carbonyl (C=O) groups excluding carboxylic acids is 2. The number of rotatable bonds is 6. The first-order valence-electron chi connectivity index (χ1n) is 8.67. The summed E-state index contributed by atoms with van der Waals surface area (Å²) in [5, 5.41) is 4.48. The number of fused-ring (bicyclic) bond motifs is 1. The number of para-hydroxylation sites is 1. The van der Waals surface area contributed by atoms with Gasteiger partial charge in [-0.3, -0.25) is 14.6 Å². The van der Waals surface area contributed by atoms with Crippen molar-refractivity contribution >= 4 is 40.0 Å². The number of pyridine rings is 1. The summed E-state index contributed by atoms with van der Waals surface area (Å²) >= 11 is 5.86. The highest BCUT2D eigenvalue weighted by Gasteiger charge is 2.16. The second kappa shape index (κ2) is 8.64. The molecule has 1 heterocycles. The van der Waals surface area contributed by atoms with E-state index in [1.807, 2.05) is 42.5 Å². The zero-order valence-corrected chi connectivity index (χ0v) is 15.7. The van der Waals surface area contributed by atoms with Gasteiger partial charge in [0, 0.05) is 43.0 Å². The van der Waals surface area contributed by atoms with E-state index in [0.717, 1.165) is 16.5 Å². The second-order valence-corrected chi connectivity index (χ2v) is 6.61. The van der Waals surface area contributed by atoms with Crippen molar-refractivity contribution in [2.75, 3.05) is 11.4 Å². The number of halogens is 1. The lowest BCUT2D eigenvalue weighted by Gasteiger charge is -2.22. The minimum absolute atomic E-state index is 0.121. The molecule has 0 spiro atoms. The molecule has 0 aliphatic heterocycles. The fraction of sp³-hybridized carbons (Fsp3) is 0.190. The van der Waals surface area contributed by atoms with E-state index in [0.29, 0.717) is 17.3 Å². The maximum atomic E-state index is 12.2. The van der Waals surface area contributed by atoms with Gasteiger partial charge in [0.2, 0.25) is 11.8 Å². The molecule has 1 N–H and O–H groups in total. The first-order chi connectivity index (χ1) is 13.0. The van der Waals surface area contributed by atoms with Gasteiger partial charge in [0.25, 0.3) is 0 Å². The molecule has 0 atom stereocenters. The second-order valence-electron chi connectivity index (χ2n) is 6.18. The number of benzene rings is 2. The van der Waals surface area contributed by atoms with Crippen LogP contribution in [0.2, 0.25) is 5.02 Å². The van der Waals surface area contributed by atoms with E-state index in [4.69, 9.17) is 11.6 Å². The minimum atomic E-state index is -0.126. The Balaban J connectivity index is 1.65. The summed E-state index contributed by atoms with van der Waals surface area (Å²) in [6.07, 6.45) is 1.90. The molecular formula is C21H20ClN3O2. The summed E-state index contributed by atoms with van der Waals surface area (Å²) < 4.78 is 0. The number of hydrogen-bond donors (Lipinski definition) is 1. The fourth-order valence-corrected chi connectivity index (χ4v) is 2.98. The van der Waals surface area contributed by atoms with Gasteiger partial charge >= 0.3 is 0 Å². The monoisotopic (exact) mass is 381 g/mol. The first-order valence-corrected chi connectivity index (χ1v) is 9.05. The summed E-state index contributed by atoms with van der Waals surface area (Å²) in [5.41, 5.74) is 2.43. The fourth-order valence-electron chi connectivity index (χ4n) is 2.86. The van der Waals surface area contributed by atoms with Crippen LogP contribution in [0.15, 0.2) is 60.8 Å². The molecule has 3 aromatic rings. The molecule has 0 saturated carbocycles. The molecule has 2 aromatic carbocycles. The van der Waals surface area contributed by atoms with Crippen LogP contribution in [0.1, 0.15) is 18.9 Å². The number of hydrogen-bond acceptors (Lipinski definition) is 3. The highest BCUT2D eigenvalue weighted by atomic mass is 35.5. The zero-order valence-electron chi connectivity index (χ0n) is 15.0. The largest absolute Gasteiger partial charge is 0.352 e. The molecule has 0 unspecified atom stereocenters. The molecule has 138 valence electrons. The number of nitrogens with one attached hydrogen (secondary N) is 1. The van der Waals surface area contributed by atoms with Gasteiger partial charge in [-0.25, -0.2) is 0 Å². The molecule has 0 saturated heterocycles. The Kier molecular flexibility index (Phi) is 6.04. The van der Waals surface area contributed by atoms with Crippen molar-refractivity contribution < 1.29 is 9.59 Å². The van der Waals surface area contributed by atoms with Gasteiger partial charge in [0.05, 0.1) is 11.2 Å². The summed E-state index contributed by atoms with van der Waals surface area (Å²) in [4.78, 5) is 30.4. The topological polar surface area (TPSA) is 62.3 Å². The first kappa shape index (κ1) is 18.9. The zero-order chi connectivity index (χ0) is 19.2. The van der Waals surface area contributed by atoms with Crippen molar-refractivity contribution in [1.82, 2.24) is 10.3 Å². The molecule has 0 radical (unpaired) electrons. The molecule has 5 nitrogen and oxygen atoms in total. The van der Waals surface area contributed by atoms with Crippen LogP contribution in [0, 0.1) is 0 Å². The van der Waals surface area contributed by atoms with Crippen LogP contribution in [0.25, 0.3) is 10.9 Å². The lowest BCUT2D eigenvalue weighted by atomic mass is 10.1. The van der Waals surface area contributed by atoms with E-state index < -0.39 is 0 Å². The van der Waals surface area contributed by atoms with Crippen molar-refractivity contribution in [2.24, 2.45) is 0 Å². The molecule has 3 rings (SSSR count). The third-order valence-corrected chi connectivity index (χ3v) is 4.50. The van der Waals surface area contributed by atoms with Gasteiger partial charge in [0.1, 0.15) is 0 Å². The number of carbonyl (C=O) groups is 2. The maximum Gasteiger partial charge on any atom is 0.223 e. The van der Waals surface area contributed by atoms with E-state index in [1.165, 1.54) is 6.92 Å². The Hall–Kier alpha value is -2.92. The summed E-state index contributed by atoms with van der Waals surface area (Å²) in [6.45, 7) is 2.21. The number of anilines is 1. The minimum Gasteiger partial charge on any atom is -0.352 e. The van der Waals surface area contributed by atoms with E-state index >= 15 is 0 Å². The van der Waals surface area contributed by atoms with Crippen LogP contribution in [0.5, 0.6) is 0 Å². The van der Waals surface area contributed by atoms with Crippen molar-refractivity contribution in [3.05, 3.63) is 71.4 Å². The van der Waals surface area contributed by atoms with Crippen molar-refractivity contribution in [3.63, 3.8) is 0 Å². The highest BCUT2D eigenvalue weighted by molar-refractivity contribution is 6.30. The Morgan fingerprint density at radius 3 is 2.56 bits per heavy atom. The van der Waals surface area contributed by atoms with Gasteiger partial charge < -0.3 is 10.2 Å². The summed E-state index contributed by atoms with van der Waals surface area (Å²) in [6, 6.07) is 16.8. The van der Waals surface area contributed by atoms with Crippen LogP contribution in [0.4, 0.5) is 5.69 Å². The number of nitrogens with zero attached hydrogens (tertiary/aromatic N) is 2. The van der Waals surface area contributed by atoms with Crippen LogP contribution in [-0.4, -0.2) is 23.3 Å². The van der Waals surface area contributed by atoms with Crippen molar-refractivity contribution in [3.8, 4) is 0 Å². The molecule has 0 bridgehead atoms. The quantitative estimate of drug-likeness (QED) is 0.703. The average molecular weight is 382 g/mol. The van der Waals surface area contributed by atoms with Gasteiger partial charge in [0.15, 0.2) is 0 Å².